The number of carbonyl (C=O) groups excluding carboxylic acids is 1. The number of hydrogen-bond donors (Lipinski definition) is 1. The van der Waals surface area contributed by atoms with E-state index in [0.717, 1.165) is 5.56 Å². The smallest absolute Gasteiger partial charge is 0.337 e. The van der Waals surface area contributed by atoms with E-state index >= 15 is 0 Å². The fraction of sp³-hybridized carbons (Fsp3) is 0.188. The Hall–Kier alpha value is -2.69. The van der Waals surface area contributed by atoms with Crippen molar-refractivity contribution in [1.82, 2.24) is 0 Å². The van der Waals surface area contributed by atoms with E-state index < -0.39 is 5.97 Å². The van der Waals surface area contributed by atoms with Crippen molar-refractivity contribution < 1.29 is 19.0 Å². The number of nitrogen functional groups attached to an aromatic ring is 1. The van der Waals surface area contributed by atoms with Crippen LogP contribution in [0.4, 0.5) is 5.69 Å². The second kappa shape index (κ2) is 6.17. The molecule has 0 amide bonds. The van der Waals surface area contributed by atoms with Crippen LogP contribution in [-0.2, 0) is 4.74 Å². The lowest BCUT2D eigenvalue weighted by atomic mass is 10.2. The van der Waals surface area contributed by atoms with Gasteiger partial charge in [-0.2, -0.15) is 0 Å². The number of methoxy groups -OCH3 is 2. The highest BCUT2D eigenvalue weighted by atomic mass is 16.5. The number of anilines is 1. The Morgan fingerprint density at radius 1 is 1.00 bits per heavy atom. The maximum atomic E-state index is 11.6. The van der Waals surface area contributed by atoms with Crippen LogP contribution in [-0.4, -0.2) is 20.2 Å². The maximum Gasteiger partial charge on any atom is 0.337 e. The van der Waals surface area contributed by atoms with Gasteiger partial charge in [-0.1, -0.05) is 6.07 Å². The molecule has 0 unspecified atom stereocenters. The summed E-state index contributed by atoms with van der Waals surface area (Å²) in [6, 6.07) is 10.3. The predicted octanol–water partition coefficient (Wildman–Crippen LogP) is 3.16. The Balaban J connectivity index is 2.37. The monoisotopic (exact) mass is 287 g/mol. The van der Waals surface area contributed by atoms with Gasteiger partial charge in [0.05, 0.1) is 25.5 Å². The van der Waals surface area contributed by atoms with Crippen LogP contribution in [0.15, 0.2) is 36.4 Å². The Kier molecular flexibility index (Phi) is 4.33. The van der Waals surface area contributed by atoms with Crippen molar-refractivity contribution in [3.05, 3.63) is 47.5 Å². The fourth-order valence-electron chi connectivity index (χ4n) is 1.85. The van der Waals surface area contributed by atoms with Crippen LogP contribution in [0.3, 0.4) is 0 Å². The molecule has 0 aromatic heterocycles. The molecule has 2 rings (SSSR count). The highest BCUT2D eigenvalue weighted by Gasteiger charge is 2.12. The van der Waals surface area contributed by atoms with Gasteiger partial charge in [0.1, 0.15) is 0 Å². The fourth-order valence-corrected chi connectivity index (χ4v) is 1.85. The third-order valence-corrected chi connectivity index (χ3v) is 2.97. The number of aryl methyl sites for hydroxylation is 1. The number of benzene rings is 2. The predicted molar refractivity (Wildman–Crippen MR) is 80.0 cm³/mol. The number of ether oxygens (including phenoxy) is 3. The van der Waals surface area contributed by atoms with E-state index in [2.05, 4.69) is 4.74 Å². The summed E-state index contributed by atoms with van der Waals surface area (Å²) in [4.78, 5) is 11.6. The van der Waals surface area contributed by atoms with Crippen LogP contribution < -0.4 is 15.2 Å². The van der Waals surface area contributed by atoms with Crippen LogP contribution in [0.2, 0.25) is 0 Å². The molecule has 0 saturated carbocycles. The minimum absolute atomic E-state index is 0.368. The van der Waals surface area contributed by atoms with Gasteiger partial charge in [0.15, 0.2) is 17.2 Å². The van der Waals surface area contributed by atoms with E-state index in [1.807, 2.05) is 19.1 Å². The molecule has 2 N–H and O–H groups in total. The molecule has 2 aromatic carbocycles. The molecule has 0 radical (unpaired) electrons. The molecule has 21 heavy (non-hydrogen) atoms. The standard InChI is InChI=1S/C16H17NO4/c1-10-4-7-13(15(8-10)19-2)21-14-9-11(16(18)20-3)5-6-12(14)17/h4-9H,17H2,1-3H3. The molecule has 0 bridgehead atoms. The van der Waals surface area contributed by atoms with Crippen LogP contribution in [0, 0.1) is 6.92 Å². The molecule has 0 spiro atoms. The largest absolute Gasteiger partial charge is 0.493 e. The van der Waals surface area contributed by atoms with E-state index in [1.54, 1.807) is 31.4 Å². The van der Waals surface area contributed by atoms with Crippen molar-refractivity contribution in [1.29, 1.82) is 0 Å². The molecule has 2 aromatic rings. The van der Waals surface area contributed by atoms with Gasteiger partial charge in [0, 0.05) is 0 Å². The Morgan fingerprint density at radius 3 is 2.43 bits per heavy atom. The lowest BCUT2D eigenvalue weighted by Crippen LogP contribution is -2.03. The second-order valence-electron chi connectivity index (χ2n) is 4.50. The molecule has 0 aliphatic heterocycles. The van der Waals surface area contributed by atoms with E-state index in [1.165, 1.54) is 7.11 Å². The minimum Gasteiger partial charge on any atom is -0.493 e. The quantitative estimate of drug-likeness (QED) is 0.691. The summed E-state index contributed by atoms with van der Waals surface area (Å²) in [6.07, 6.45) is 0. The first kappa shape index (κ1) is 14.7. The lowest BCUT2D eigenvalue weighted by Gasteiger charge is -2.13. The average Bonchev–Trinajstić information content (AvgIpc) is 2.50. The number of rotatable bonds is 4. The molecule has 0 aliphatic rings. The molecule has 0 heterocycles. The molecular formula is C16H17NO4. The molecule has 0 fully saturated rings. The van der Waals surface area contributed by atoms with Gasteiger partial charge in [0.2, 0.25) is 0 Å². The van der Waals surface area contributed by atoms with E-state index in [4.69, 9.17) is 15.2 Å². The first-order chi connectivity index (χ1) is 10.0. The Bertz CT molecular complexity index is 667. The molecule has 0 saturated heterocycles. The number of carbonyl (C=O) groups is 1. The number of hydrogen-bond acceptors (Lipinski definition) is 5. The van der Waals surface area contributed by atoms with E-state index in [9.17, 15) is 4.79 Å². The summed E-state index contributed by atoms with van der Waals surface area (Å²) in [5.41, 5.74) is 7.72. The first-order valence-corrected chi connectivity index (χ1v) is 6.35. The normalized spacial score (nSPS) is 10.0. The SMILES string of the molecule is COC(=O)c1ccc(N)c(Oc2ccc(C)cc2OC)c1. The summed E-state index contributed by atoms with van der Waals surface area (Å²) in [5.74, 6) is 1.05. The van der Waals surface area contributed by atoms with Crippen molar-refractivity contribution in [2.24, 2.45) is 0 Å². The van der Waals surface area contributed by atoms with E-state index in [-0.39, 0.29) is 0 Å². The second-order valence-corrected chi connectivity index (χ2v) is 4.50. The number of esters is 1. The molecule has 5 nitrogen and oxygen atoms in total. The summed E-state index contributed by atoms with van der Waals surface area (Å²) in [7, 11) is 2.89. The summed E-state index contributed by atoms with van der Waals surface area (Å²) in [5, 5.41) is 0. The Morgan fingerprint density at radius 2 is 1.76 bits per heavy atom. The zero-order valence-electron chi connectivity index (χ0n) is 12.2. The zero-order chi connectivity index (χ0) is 15.4. The van der Waals surface area contributed by atoms with Gasteiger partial charge in [0.25, 0.3) is 0 Å². The summed E-state index contributed by atoms with van der Waals surface area (Å²) < 4.78 is 15.7. The van der Waals surface area contributed by atoms with Crippen LogP contribution in [0.1, 0.15) is 15.9 Å². The molecule has 5 heteroatoms. The van der Waals surface area contributed by atoms with Gasteiger partial charge < -0.3 is 19.9 Å². The summed E-state index contributed by atoms with van der Waals surface area (Å²) >= 11 is 0. The van der Waals surface area contributed by atoms with Crippen molar-refractivity contribution in [2.75, 3.05) is 20.0 Å². The lowest BCUT2D eigenvalue weighted by molar-refractivity contribution is 0.0600. The highest BCUT2D eigenvalue weighted by molar-refractivity contribution is 5.90. The van der Waals surface area contributed by atoms with Crippen molar-refractivity contribution in [3.63, 3.8) is 0 Å². The average molecular weight is 287 g/mol. The minimum atomic E-state index is -0.448. The van der Waals surface area contributed by atoms with Gasteiger partial charge in [-0.3, -0.25) is 0 Å². The van der Waals surface area contributed by atoms with Crippen LogP contribution in [0.25, 0.3) is 0 Å². The third kappa shape index (κ3) is 3.25. The number of nitrogens with two attached hydrogens (primary N) is 1. The highest BCUT2D eigenvalue weighted by Crippen LogP contribution is 2.35. The first-order valence-electron chi connectivity index (χ1n) is 6.35. The summed E-state index contributed by atoms with van der Waals surface area (Å²) in [6.45, 7) is 1.96. The van der Waals surface area contributed by atoms with Crippen LogP contribution in [0.5, 0.6) is 17.2 Å². The van der Waals surface area contributed by atoms with Crippen molar-refractivity contribution in [3.8, 4) is 17.2 Å². The third-order valence-electron chi connectivity index (χ3n) is 2.97. The maximum absolute atomic E-state index is 11.6. The topological polar surface area (TPSA) is 70.8 Å². The van der Waals surface area contributed by atoms with Gasteiger partial charge in [-0.15, -0.1) is 0 Å². The van der Waals surface area contributed by atoms with E-state index in [0.29, 0.717) is 28.5 Å². The van der Waals surface area contributed by atoms with Crippen molar-refractivity contribution >= 4 is 11.7 Å². The van der Waals surface area contributed by atoms with Crippen molar-refractivity contribution in [2.45, 2.75) is 6.92 Å². The van der Waals surface area contributed by atoms with Gasteiger partial charge in [-0.05, 0) is 42.8 Å². The van der Waals surface area contributed by atoms with Gasteiger partial charge in [-0.25, -0.2) is 4.79 Å². The molecule has 110 valence electrons. The zero-order valence-corrected chi connectivity index (χ0v) is 12.2. The van der Waals surface area contributed by atoms with Crippen LogP contribution >= 0.6 is 0 Å². The van der Waals surface area contributed by atoms with Gasteiger partial charge >= 0.3 is 5.97 Å². The Labute approximate surface area is 123 Å². The molecule has 0 atom stereocenters. The molecule has 0 aliphatic carbocycles. The molecular weight excluding hydrogens is 270 g/mol.